The normalized spacial score (nSPS) is 11.8. The monoisotopic (exact) mass is 663 g/mol. The first-order chi connectivity index (χ1) is 25.8. The van der Waals surface area contributed by atoms with Crippen LogP contribution in [0, 0.1) is 0 Å². The molecule has 0 spiro atoms. The van der Waals surface area contributed by atoms with Gasteiger partial charge in [-0.15, -0.1) is 0 Å². The van der Waals surface area contributed by atoms with Crippen LogP contribution in [-0.4, -0.2) is 14.5 Å². The molecule has 8 aromatic carbocycles. The average molecular weight is 664 g/mol. The van der Waals surface area contributed by atoms with Crippen molar-refractivity contribution in [1.29, 1.82) is 0 Å². The van der Waals surface area contributed by atoms with Gasteiger partial charge >= 0.3 is 0 Å². The second-order valence-electron chi connectivity index (χ2n) is 13.4. The predicted molar refractivity (Wildman–Crippen MR) is 215 cm³/mol. The number of hydrogen-bond acceptors (Lipinski definition) is 3. The van der Waals surface area contributed by atoms with Crippen LogP contribution >= 0.6 is 0 Å². The minimum Gasteiger partial charge on any atom is -0.455 e. The number of hydrogen-bond donors (Lipinski definition) is 0. The standard InChI is InChI=1S/C48H29N3O/c1-3-13-31(14-4-1)46-40-29-34(24-26-41(40)49-48(50-46)32-15-5-2-6-16-32)51-42-27-23-30-12-7-8-17-35(30)45(42)39-25-22-33(28-43(39)51)36-19-11-20-38-37-18-9-10-21-44(37)52-47(36)38/h1-29H. The molecule has 52 heavy (non-hydrogen) atoms. The summed E-state index contributed by atoms with van der Waals surface area (Å²) in [6, 6.07) is 61.9. The van der Waals surface area contributed by atoms with Crippen LogP contribution in [0.1, 0.15) is 0 Å². The number of aromatic nitrogens is 3. The Morgan fingerprint density at radius 3 is 2.06 bits per heavy atom. The van der Waals surface area contributed by atoms with Crippen LogP contribution in [0.2, 0.25) is 0 Å². The topological polar surface area (TPSA) is 43.9 Å². The lowest BCUT2D eigenvalue weighted by Gasteiger charge is -2.13. The Morgan fingerprint density at radius 2 is 1.19 bits per heavy atom. The van der Waals surface area contributed by atoms with Gasteiger partial charge in [0.15, 0.2) is 5.82 Å². The molecule has 11 aromatic rings. The van der Waals surface area contributed by atoms with E-state index in [1.165, 1.54) is 21.5 Å². The molecule has 4 heteroatoms. The molecule has 0 aliphatic carbocycles. The third-order valence-electron chi connectivity index (χ3n) is 10.4. The minimum absolute atomic E-state index is 0.715. The summed E-state index contributed by atoms with van der Waals surface area (Å²) in [5.74, 6) is 0.715. The zero-order valence-electron chi connectivity index (χ0n) is 28.0. The molecular weight excluding hydrogens is 635 g/mol. The molecule has 3 heterocycles. The fourth-order valence-electron chi connectivity index (χ4n) is 8.00. The molecule has 4 nitrogen and oxygen atoms in total. The Bertz CT molecular complexity index is 3180. The van der Waals surface area contributed by atoms with E-state index >= 15 is 0 Å². The van der Waals surface area contributed by atoms with E-state index in [1.807, 2.05) is 36.4 Å². The third-order valence-corrected chi connectivity index (χ3v) is 10.4. The van der Waals surface area contributed by atoms with Crippen LogP contribution in [0.5, 0.6) is 0 Å². The van der Waals surface area contributed by atoms with Crippen LogP contribution < -0.4 is 0 Å². The SMILES string of the molecule is c1ccc(-c2nc(-c3ccccc3)c3cc(-n4c5cc(-c6cccc7c6oc6ccccc67)ccc5c5c6ccccc6ccc54)ccc3n2)cc1. The van der Waals surface area contributed by atoms with Gasteiger partial charge in [-0.05, 0) is 52.7 Å². The third kappa shape index (κ3) is 4.34. The molecule has 0 aliphatic heterocycles. The second-order valence-corrected chi connectivity index (χ2v) is 13.4. The Kier molecular flexibility index (Phi) is 6.22. The van der Waals surface area contributed by atoms with Gasteiger partial charge in [-0.1, -0.05) is 140 Å². The smallest absolute Gasteiger partial charge is 0.160 e. The summed E-state index contributed by atoms with van der Waals surface area (Å²) in [7, 11) is 0. The highest BCUT2D eigenvalue weighted by atomic mass is 16.3. The lowest BCUT2D eigenvalue weighted by atomic mass is 9.99. The molecule has 11 rings (SSSR count). The molecule has 0 unspecified atom stereocenters. The zero-order valence-corrected chi connectivity index (χ0v) is 28.0. The summed E-state index contributed by atoms with van der Waals surface area (Å²) >= 11 is 0. The number of fused-ring (bicyclic) bond motifs is 9. The van der Waals surface area contributed by atoms with Crippen LogP contribution in [-0.2, 0) is 0 Å². The molecular formula is C48H29N3O. The van der Waals surface area contributed by atoms with Crippen molar-refractivity contribution in [3.63, 3.8) is 0 Å². The largest absolute Gasteiger partial charge is 0.455 e. The predicted octanol–water partition coefficient (Wildman–Crippen LogP) is 12.8. The van der Waals surface area contributed by atoms with Crippen LogP contribution in [0.25, 0.3) is 105 Å². The number of para-hydroxylation sites is 2. The molecule has 0 saturated heterocycles. The van der Waals surface area contributed by atoms with E-state index in [0.29, 0.717) is 5.82 Å². The Hall–Kier alpha value is -7.04. The highest BCUT2D eigenvalue weighted by Crippen LogP contribution is 2.42. The lowest BCUT2D eigenvalue weighted by Crippen LogP contribution is -1.98. The first-order valence-electron chi connectivity index (χ1n) is 17.6. The minimum atomic E-state index is 0.715. The van der Waals surface area contributed by atoms with Crippen molar-refractivity contribution in [2.45, 2.75) is 0 Å². The summed E-state index contributed by atoms with van der Waals surface area (Å²) in [5.41, 5.74) is 11.2. The molecule has 0 radical (unpaired) electrons. The number of furan rings is 1. The molecule has 0 bridgehead atoms. The Labute approximate surface area is 298 Å². The molecule has 3 aromatic heterocycles. The van der Waals surface area contributed by atoms with Gasteiger partial charge in [-0.3, -0.25) is 0 Å². The van der Waals surface area contributed by atoms with E-state index in [1.54, 1.807) is 0 Å². The fourth-order valence-corrected chi connectivity index (χ4v) is 8.00. The Morgan fingerprint density at radius 1 is 0.442 bits per heavy atom. The summed E-state index contributed by atoms with van der Waals surface area (Å²) in [6.45, 7) is 0. The summed E-state index contributed by atoms with van der Waals surface area (Å²) < 4.78 is 8.91. The maximum Gasteiger partial charge on any atom is 0.160 e. The number of benzene rings is 8. The van der Waals surface area contributed by atoms with Gasteiger partial charge in [0, 0.05) is 49.3 Å². The maximum atomic E-state index is 6.51. The van der Waals surface area contributed by atoms with Gasteiger partial charge in [-0.2, -0.15) is 0 Å². The molecule has 0 saturated carbocycles. The lowest BCUT2D eigenvalue weighted by molar-refractivity contribution is 0.670. The van der Waals surface area contributed by atoms with Gasteiger partial charge in [0.25, 0.3) is 0 Å². The fraction of sp³-hybridized carbons (Fsp3) is 0. The molecule has 0 aliphatic rings. The first kappa shape index (κ1) is 28.8. The van der Waals surface area contributed by atoms with E-state index in [2.05, 4.69) is 144 Å². The molecule has 0 N–H and O–H groups in total. The summed E-state index contributed by atoms with van der Waals surface area (Å²) in [4.78, 5) is 10.3. The Balaban J connectivity index is 1.20. The van der Waals surface area contributed by atoms with Gasteiger partial charge < -0.3 is 8.98 Å². The number of rotatable bonds is 4. The van der Waals surface area contributed by atoms with Crippen LogP contribution in [0.15, 0.2) is 180 Å². The molecule has 0 amide bonds. The maximum absolute atomic E-state index is 6.51. The van der Waals surface area contributed by atoms with Crippen molar-refractivity contribution in [2.24, 2.45) is 0 Å². The van der Waals surface area contributed by atoms with Gasteiger partial charge in [0.1, 0.15) is 11.2 Å². The first-order valence-corrected chi connectivity index (χ1v) is 17.6. The van der Waals surface area contributed by atoms with Crippen molar-refractivity contribution >= 4 is 65.4 Å². The van der Waals surface area contributed by atoms with Crippen LogP contribution in [0.4, 0.5) is 0 Å². The van der Waals surface area contributed by atoms with Crippen molar-refractivity contribution in [2.75, 3.05) is 0 Å². The van der Waals surface area contributed by atoms with Gasteiger partial charge in [0.05, 0.1) is 22.2 Å². The summed E-state index contributed by atoms with van der Waals surface area (Å²) in [5, 5.41) is 8.14. The quantitative estimate of drug-likeness (QED) is 0.188. The van der Waals surface area contributed by atoms with E-state index < -0.39 is 0 Å². The van der Waals surface area contributed by atoms with Gasteiger partial charge in [0.2, 0.25) is 0 Å². The van der Waals surface area contributed by atoms with Crippen molar-refractivity contribution in [3.8, 4) is 39.5 Å². The zero-order chi connectivity index (χ0) is 34.2. The molecule has 0 fully saturated rings. The van der Waals surface area contributed by atoms with Gasteiger partial charge in [-0.25, -0.2) is 9.97 Å². The van der Waals surface area contributed by atoms with Crippen molar-refractivity contribution < 1.29 is 4.42 Å². The molecule has 0 atom stereocenters. The number of nitrogens with zero attached hydrogens (tertiary/aromatic N) is 3. The van der Waals surface area contributed by atoms with Crippen molar-refractivity contribution in [3.05, 3.63) is 176 Å². The van der Waals surface area contributed by atoms with E-state index in [4.69, 9.17) is 14.4 Å². The van der Waals surface area contributed by atoms with E-state index in [-0.39, 0.29) is 0 Å². The van der Waals surface area contributed by atoms with Crippen LogP contribution in [0.3, 0.4) is 0 Å². The van der Waals surface area contributed by atoms with E-state index in [0.717, 1.165) is 77.5 Å². The van der Waals surface area contributed by atoms with Crippen molar-refractivity contribution in [1.82, 2.24) is 14.5 Å². The average Bonchev–Trinajstić information content (AvgIpc) is 3.77. The highest BCUT2D eigenvalue weighted by molar-refractivity contribution is 6.22. The molecule has 242 valence electrons. The second kappa shape index (κ2) is 11.2. The van der Waals surface area contributed by atoms with E-state index in [9.17, 15) is 0 Å². The highest BCUT2D eigenvalue weighted by Gasteiger charge is 2.19. The summed E-state index contributed by atoms with van der Waals surface area (Å²) in [6.07, 6.45) is 0.